The van der Waals surface area contributed by atoms with Gasteiger partial charge in [0.1, 0.15) is 5.75 Å². The number of para-hydroxylation sites is 1. The molecule has 0 aromatic heterocycles. The third kappa shape index (κ3) is 5.06. The second kappa shape index (κ2) is 8.47. The standard InChI is InChI=1S/C15H21ClN2O2.ClH/c1-2-13(20-14-6-4-3-5-11(14)16)15(19)18-12(9-17)10-7-8-10;/h3-6,10,12-13H,2,7-9,17H2,1H3,(H,18,19);1H. The van der Waals surface area contributed by atoms with Gasteiger partial charge in [-0.25, -0.2) is 0 Å². The van der Waals surface area contributed by atoms with Crippen LogP contribution in [0.5, 0.6) is 5.75 Å². The summed E-state index contributed by atoms with van der Waals surface area (Å²) < 4.78 is 5.72. The van der Waals surface area contributed by atoms with Gasteiger partial charge in [-0.05, 0) is 37.3 Å². The molecule has 4 nitrogen and oxygen atoms in total. The smallest absolute Gasteiger partial charge is 0.261 e. The van der Waals surface area contributed by atoms with Crippen molar-refractivity contribution in [3.8, 4) is 5.75 Å². The number of hydrogen-bond donors (Lipinski definition) is 2. The average molecular weight is 333 g/mol. The van der Waals surface area contributed by atoms with E-state index in [9.17, 15) is 4.79 Å². The van der Waals surface area contributed by atoms with Crippen molar-refractivity contribution in [2.45, 2.75) is 38.3 Å². The quantitative estimate of drug-likeness (QED) is 0.806. The molecule has 0 heterocycles. The highest BCUT2D eigenvalue weighted by atomic mass is 35.5. The highest BCUT2D eigenvalue weighted by Crippen LogP contribution is 2.32. The van der Waals surface area contributed by atoms with E-state index in [1.54, 1.807) is 12.1 Å². The van der Waals surface area contributed by atoms with Crippen LogP contribution in [0.25, 0.3) is 0 Å². The minimum Gasteiger partial charge on any atom is -0.479 e. The molecule has 1 amide bonds. The maximum atomic E-state index is 12.3. The van der Waals surface area contributed by atoms with Gasteiger partial charge in [-0.15, -0.1) is 12.4 Å². The van der Waals surface area contributed by atoms with Crippen molar-refractivity contribution in [2.75, 3.05) is 6.54 Å². The van der Waals surface area contributed by atoms with E-state index in [0.29, 0.717) is 29.7 Å². The van der Waals surface area contributed by atoms with Crippen LogP contribution in [0, 0.1) is 5.92 Å². The number of rotatable bonds is 7. The molecule has 118 valence electrons. The van der Waals surface area contributed by atoms with Crippen molar-refractivity contribution < 1.29 is 9.53 Å². The molecule has 1 aromatic carbocycles. The van der Waals surface area contributed by atoms with Gasteiger partial charge in [-0.1, -0.05) is 30.7 Å². The zero-order chi connectivity index (χ0) is 14.5. The summed E-state index contributed by atoms with van der Waals surface area (Å²) in [6, 6.07) is 7.23. The Morgan fingerprint density at radius 1 is 1.48 bits per heavy atom. The first kappa shape index (κ1) is 18.1. The molecule has 2 atom stereocenters. The molecule has 6 heteroatoms. The lowest BCUT2D eigenvalue weighted by Crippen LogP contribution is -2.47. The molecule has 1 aliphatic rings. The summed E-state index contributed by atoms with van der Waals surface area (Å²) in [5.41, 5.74) is 5.70. The topological polar surface area (TPSA) is 64.3 Å². The molecule has 1 aromatic rings. The van der Waals surface area contributed by atoms with Crippen LogP contribution in [0.4, 0.5) is 0 Å². The summed E-state index contributed by atoms with van der Waals surface area (Å²) in [5, 5.41) is 3.50. The lowest BCUT2D eigenvalue weighted by molar-refractivity contribution is -0.128. The molecule has 21 heavy (non-hydrogen) atoms. The fourth-order valence-corrected chi connectivity index (χ4v) is 2.34. The number of nitrogens with two attached hydrogens (primary N) is 1. The van der Waals surface area contributed by atoms with Gasteiger partial charge >= 0.3 is 0 Å². The van der Waals surface area contributed by atoms with Crippen molar-refractivity contribution in [1.82, 2.24) is 5.32 Å². The lowest BCUT2D eigenvalue weighted by Gasteiger charge is -2.22. The molecule has 2 rings (SSSR count). The molecule has 2 unspecified atom stereocenters. The minimum absolute atomic E-state index is 0. The highest BCUT2D eigenvalue weighted by Gasteiger charge is 2.33. The second-order valence-corrected chi connectivity index (χ2v) is 5.54. The summed E-state index contributed by atoms with van der Waals surface area (Å²) in [5.74, 6) is 0.948. The molecule has 1 aliphatic carbocycles. The Morgan fingerprint density at radius 3 is 2.67 bits per heavy atom. The molecule has 0 aliphatic heterocycles. The predicted molar refractivity (Wildman–Crippen MR) is 87.1 cm³/mol. The molecular formula is C15H22Cl2N2O2. The zero-order valence-corrected chi connectivity index (χ0v) is 13.6. The van der Waals surface area contributed by atoms with Gasteiger partial charge in [0.15, 0.2) is 6.10 Å². The first-order valence-electron chi connectivity index (χ1n) is 7.07. The van der Waals surface area contributed by atoms with E-state index >= 15 is 0 Å². The summed E-state index contributed by atoms with van der Waals surface area (Å²) >= 11 is 6.05. The number of carbonyl (C=O) groups excluding carboxylic acids is 1. The highest BCUT2D eigenvalue weighted by molar-refractivity contribution is 6.32. The Bertz CT molecular complexity index is 467. The van der Waals surface area contributed by atoms with E-state index in [1.165, 1.54) is 0 Å². The molecule has 0 bridgehead atoms. The van der Waals surface area contributed by atoms with Crippen molar-refractivity contribution in [3.05, 3.63) is 29.3 Å². The molecule has 3 N–H and O–H groups in total. The van der Waals surface area contributed by atoms with Crippen molar-refractivity contribution in [2.24, 2.45) is 11.7 Å². The molecule has 1 fully saturated rings. The van der Waals surface area contributed by atoms with Gasteiger partial charge in [0.25, 0.3) is 5.91 Å². The molecule has 1 saturated carbocycles. The first-order valence-corrected chi connectivity index (χ1v) is 7.45. The monoisotopic (exact) mass is 332 g/mol. The van der Waals surface area contributed by atoms with E-state index < -0.39 is 6.10 Å². The third-order valence-corrected chi connectivity index (χ3v) is 3.85. The Morgan fingerprint density at radius 2 is 2.14 bits per heavy atom. The van der Waals surface area contributed by atoms with Gasteiger partial charge < -0.3 is 15.8 Å². The number of carbonyl (C=O) groups is 1. The van der Waals surface area contributed by atoms with Crippen LogP contribution in [0.15, 0.2) is 24.3 Å². The number of benzene rings is 1. The fraction of sp³-hybridized carbons (Fsp3) is 0.533. The summed E-state index contributed by atoms with van der Waals surface area (Å²) in [4.78, 5) is 12.3. The molecule has 0 radical (unpaired) electrons. The minimum atomic E-state index is -0.539. The van der Waals surface area contributed by atoms with Crippen molar-refractivity contribution >= 4 is 29.9 Å². The summed E-state index contributed by atoms with van der Waals surface area (Å²) in [6.45, 7) is 2.38. The molecule has 0 saturated heterocycles. The summed E-state index contributed by atoms with van der Waals surface area (Å²) in [7, 11) is 0. The number of nitrogens with one attached hydrogen (secondary N) is 1. The Labute approximate surface area is 136 Å². The SMILES string of the molecule is CCC(Oc1ccccc1Cl)C(=O)NC(CN)C1CC1.Cl. The normalized spacial score (nSPS) is 16.5. The first-order chi connectivity index (χ1) is 9.65. The van der Waals surface area contributed by atoms with Crippen LogP contribution >= 0.6 is 24.0 Å². The van der Waals surface area contributed by atoms with Gasteiger partial charge in [-0.3, -0.25) is 4.79 Å². The number of halogens is 2. The fourth-order valence-electron chi connectivity index (χ4n) is 2.16. The molecule has 0 spiro atoms. The third-order valence-electron chi connectivity index (χ3n) is 3.54. The van der Waals surface area contributed by atoms with Crippen molar-refractivity contribution in [3.63, 3.8) is 0 Å². The Hall–Kier alpha value is -0.970. The van der Waals surface area contributed by atoms with Crippen LogP contribution in [0.2, 0.25) is 5.02 Å². The van der Waals surface area contributed by atoms with Crippen LogP contribution in [0.1, 0.15) is 26.2 Å². The largest absolute Gasteiger partial charge is 0.479 e. The lowest BCUT2D eigenvalue weighted by atomic mass is 10.1. The average Bonchev–Trinajstić information content (AvgIpc) is 3.28. The number of ether oxygens (including phenoxy) is 1. The van der Waals surface area contributed by atoms with E-state index in [4.69, 9.17) is 22.1 Å². The van der Waals surface area contributed by atoms with Crippen LogP contribution in [-0.4, -0.2) is 24.6 Å². The van der Waals surface area contributed by atoms with Gasteiger partial charge in [0, 0.05) is 12.6 Å². The maximum absolute atomic E-state index is 12.3. The predicted octanol–water partition coefficient (Wildman–Crippen LogP) is 2.77. The van der Waals surface area contributed by atoms with Gasteiger partial charge in [0.05, 0.1) is 5.02 Å². The summed E-state index contributed by atoms with van der Waals surface area (Å²) in [6.07, 6.45) is 2.33. The zero-order valence-electron chi connectivity index (χ0n) is 12.0. The maximum Gasteiger partial charge on any atom is 0.261 e. The number of hydrogen-bond acceptors (Lipinski definition) is 3. The van der Waals surface area contributed by atoms with E-state index in [2.05, 4.69) is 5.32 Å². The van der Waals surface area contributed by atoms with Gasteiger partial charge in [0.2, 0.25) is 0 Å². The van der Waals surface area contributed by atoms with E-state index in [-0.39, 0.29) is 24.4 Å². The van der Waals surface area contributed by atoms with E-state index in [1.807, 2.05) is 19.1 Å². The van der Waals surface area contributed by atoms with Crippen molar-refractivity contribution in [1.29, 1.82) is 0 Å². The Kier molecular flexibility index (Phi) is 7.29. The van der Waals surface area contributed by atoms with Crippen LogP contribution < -0.4 is 15.8 Å². The van der Waals surface area contributed by atoms with E-state index in [0.717, 1.165) is 12.8 Å². The van der Waals surface area contributed by atoms with Crippen LogP contribution in [0.3, 0.4) is 0 Å². The second-order valence-electron chi connectivity index (χ2n) is 5.13. The van der Waals surface area contributed by atoms with Crippen LogP contribution in [-0.2, 0) is 4.79 Å². The number of amides is 1. The Balaban J connectivity index is 0.00000220. The molecular weight excluding hydrogens is 311 g/mol. The van der Waals surface area contributed by atoms with Gasteiger partial charge in [-0.2, -0.15) is 0 Å².